The van der Waals surface area contributed by atoms with Crippen molar-refractivity contribution in [3.8, 4) is 0 Å². The highest BCUT2D eigenvalue weighted by Crippen LogP contribution is 2.27. The number of carbonyl (C=O) groups is 2. The predicted molar refractivity (Wildman–Crippen MR) is 96.2 cm³/mol. The zero-order valence-corrected chi connectivity index (χ0v) is 13.6. The van der Waals surface area contributed by atoms with Gasteiger partial charge in [-0.05, 0) is 36.6 Å². The van der Waals surface area contributed by atoms with E-state index in [1.165, 1.54) is 0 Å². The lowest BCUT2D eigenvalue weighted by molar-refractivity contribution is -0.121. The second kappa shape index (κ2) is 6.39. The largest absolute Gasteiger partial charge is 0.326 e. The number of H-pyrrole nitrogens is 1. The third-order valence-electron chi connectivity index (χ3n) is 4.48. The van der Waals surface area contributed by atoms with Crippen LogP contribution < -0.4 is 10.6 Å². The van der Waals surface area contributed by atoms with Crippen LogP contribution in [0.15, 0.2) is 48.5 Å². The Morgan fingerprint density at radius 3 is 2.84 bits per heavy atom. The summed E-state index contributed by atoms with van der Waals surface area (Å²) >= 11 is 0. The quantitative estimate of drug-likeness (QED) is 0.685. The van der Waals surface area contributed by atoms with Gasteiger partial charge < -0.3 is 10.3 Å². The van der Waals surface area contributed by atoms with Crippen molar-refractivity contribution in [1.82, 2.24) is 9.97 Å². The number of benzene rings is 2. The molecule has 0 aliphatic carbocycles. The van der Waals surface area contributed by atoms with Crippen LogP contribution >= 0.6 is 0 Å². The molecule has 25 heavy (non-hydrogen) atoms. The lowest BCUT2D eigenvalue weighted by atomic mass is 9.89. The van der Waals surface area contributed by atoms with Crippen molar-refractivity contribution < 1.29 is 9.59 Å². The van der Waals surface area contributed by atoms with E-state index in [-0.39, 0.29) is 24.2 Å². The number of fused-ring (bicyclic) bond motifs is 2. The van der Waals surface area contributed by atoms with Crippen molar-refractivity contribution in [1.29, 1.82) is 0 Å². The van der Waals surface area contributed by atoms with E-state index in [0.717, 1.165) is 22.3 Å². The van der Waals surface area contributed by atoms with Crippen LogP contribution in [0.2, 0.25) is 0 Å². The molecule has 0 saturated carbocycles. The molecule has 2 amide bonds. The molecule has 0 radical (unpaired) electrons. The maximum absolute atomic E-state index is 12.2. The lowest BCUT2D eigenvalue weighted by Gasteiger charge is -2.24. The molecular formula is C19H18N4O2. The molecule has 0 bridgehead atoms. The summed E-state index contributed by atoms with van der Waals surface area (Å²) < 4.78 is 0. The second-order valence-corrected chi connectivity index (χ2v) is 6.24. The molecular weight excluding hydrogens is 316 g/mol. The second-order valence-electron chi connectivity index (χ2n) is 6.24. The van der Waals surface area contributed by atoms with Gasteiger partial charge in [-0.3, -0.25) is 14.9 Å². The first kappa shape index (κ1) is 15.4. The van der Waals surface area contributed by atoms with Gasteiger partial charge in [0, 0.05) is 18.0 Å². The molecule has 1 unspecified atom stereocenters. The van der Waals surface area contributed by atoms with Crippen LogP contribution in [0.1, 0.15) is 18.4 Å². The highest BCUT2D eigenvalue weighted by Gasteiger charge is 2.26. The first-order chi connectivity index (χ1) is 12.2. The minimum atomic E-state index is -0.184. The minimum Gasteiger partial charge on any atom is -0.326 e. The fourth-order valence-corrected chi connectivity index (χ4v) is 3.16. The molecule has 6 heteroatoms. The number of hydrogen-bond donors (Lipinski definition) is 3. The molecule has 6 nitrogen and oxygen atoms in total. The number of anilines is 2. The van der Waals surface area contributed by atoms with Crippen molar-refractivity contribution in [3.05, 3.63) is 54.1 Å². The number of aromatic amines is 1. The Morgan fingerprint density at radius 2 is 1.96 bits per heavy atom. The van der Waals surface area contributed by atoms with Crippen molar-refractivity contribution in [3.63, 3.8) is 0 Å². The van der Waals surface area contributed by atoms with E-state index in [1.807, 2.05) is 48.5 Å². The van der Waals surface area contributed by atoms with Crippen LogP contribution in [0.4, 0.5) is 11.6 Å². The van der Waals surface area contributed by atoms with Crippen LogP contribution in [0.25, 0.3) is 11.0 Å². The SMILES string of the molecule is O=C(CCC1Cc2ccccc2NC1=O)Nc1nc2ccccc2[nH]1. The van der Waals surface area contributed by atoms with E-state index in [2.05, 4.69) is 20.6 Å². The molecule has 2 heterocycles. The molecule has 1 atom stereocenters. The van der Waals surface area contributed by atoms with Gasteiger partial charge in [0.25, 0.3) is 0 Å². The van der Waals surface area contributed by atoms with Gasteiger partial charge in [-0.25, -0.2) is 4.98 Å². The summed E-state index contributed by atoms with van der Waals surface area (Å²) in [5.41, 5.74) is 3.67. The van der Waals surface area contributed by atoms with Crippen LogP contribution in [0.5, 0.6) is 0 Å². The molecule has 126 valence electrons. The Balaban J connectivity index is 1.36. The van der Waals surface area contributed by atoms with Gasteiger partial charge in [0.15, 0.2) is 0 Å². The van der Waals surface area contributed by atoms with Gasteiger partial charge in [0.1, 0.15) is 0 Å². The number of para-hydroxylation sites is 3. The number of amides is 2. The van der Waals surface area contributed by atoms with Gasteiger partial charge in [-0.1, -0.05) is 30.3 Å². The lowest BCUT2D eigenvalue weighted by Crippen LogP contribution is -2.30. The van der Waals surface area contributed by atoms with Gasteiger partial charge >= 0.3 is 0 Å². The highest BCUT2D eigenvalue weighted by molar-refractivity contribution is 5.96. The molecule has 4 rings (SSSR count). The fourth-order valence-electron chi connectivity index (χ4n) is 3.16. The first-order valence-corrected chi connectivity index (χ1v) is 8.32. The number of imidazole rings is 1. The monoisotopic (exact) mass is 334 g/mol. The van der Waals surface area contributed by atoms with E-state index in [0.29, 0.717) is 18.8 Å². The summed E-state index contributed by atoms with van der Waals surface area (Å²) in [6.45, 7) is 0. The standard InChI is InChI=1S/C19H18N4O2/c24-17(23-19-21-15-7-3-4-8-16(15)22-19)10-9-13-11-12-5-1-2-6-14(12)20-18(13)25/h1-8,13H,9-11H2,(H,20,25)(H2,21,22,23,24). The summed E-state index contributed by atoms with van der Waals surface area (Å²) in [5.74, 6) is 0.0851. The molecule has 1 aromatic heterocycles. The number of hydrogen-bond acceptors (Lipinski definition) is 3. The maximum atomic E-state index is 12.2. The van der Waals surface area contributed by atoms with Crippen LogP contribution in [-0.4, -0.2) is 21.8 Å². The predicted octanol–water partition coefficient (Wildman–Crippen LogP) is 3.09. The number of carbonyl (C=O) groups excluding carboxylic acids is 2. The van der Waals surface area contributed by atoms with Gasteiger partial charge in [0.05, 0.1) is 11.0 Å². The minimum absolute atomic E-state index is 0.0183. The summed E-state index contributed by atoms with van der Waals surface area (Å²) in [6, 6.07) is 15.4. The summed E-state index contributed by atoms with van der Waals surface area (Å²) in [5, 5.41) is 5.68. The zero-order chi connectivity index (χ0) is 17.2. The topological polar surface area (TPSA) is 86.9 Å². The summed E-state index contributed by atoms with van der Waals surface area (Å²) in [4.78, 5) is 31.8. The van der Waals surface area contributed by atoms with E-state index in [4.69, 9.17) is 0 Å². The van der Waals surface area contributed by atoms with E-state index >= 15 is 0 Å². The number of nitrogens with one attached hydrogen (secondary N) is 3. The first-order valence-electron chi connectivity index (χ1n) is 8.32. The maximum Gasteiger partial charge on any atom is 0.227 e. The van der Waals surface area contributed by atoms with Crippen molar-refractivity contribution in [2.45, 2.75) is 19.3 Å². The summed E-state index contributed by atoms with van der Waals surface area (Å²) in [7, 11) is 0. The Morgan fingerprint density at radius 1 is 1.16 bits per heavy atom. The van der Waals surface area contributed by atoms with Crippen LogP contribution in [0, 0.1) is 5.92 Å². The number of rotatable bonds is 4. The van der Waals surface area contributed by atoms with E-state index in [9.17, 15) is 9.59 Å². The van der Waals surface area contributed by atoms with Crippen molar-refractivity contribution in [2.75, 3.05) is 10.6 Å². The summed E-state index contributed by atoms with van der Waals surface area (Å²) in [6.07, 6.45) is 1.45. The fraction of sp³-hybridized carbons (Fsp3) is 0.211. The Bertz CT molecular complexity index is 914. The van der Waals surface area contributed by atoms with Crippen LogP contribution in [-0.2, 0) is 16.0 Å². The Labute approximate surface area is 144 Å². The van der Waals surface area contributed by atoms with E-state index in [1.54, 1.807) is 0 Å². The third-order valence-corrected chi connectivity index (χ3v) is 4.48. The van der Waals surface area contributed by atoms with Crippen molar-refractivity contribution >= 4 is 34.5 Å². The molecule has 2 aromatic carbocycles. The van der Waals surface area contributed by atoms with Gasteiger partial charge in [0.2, 0.25) is 17.8 Å². The molecule has 3 aromatic rings. The smallest absolute Gasteiger partial charge is 0.227 e. The average Bonchev–Trinajstić information content (AvgIpc) is 3.02. The molecule has 0 fully saturated rings. The molecule has 1 aliphatic rings. The number of nitrogens with zero attached hydrogens (tertiary/aromatic N) is 1. The van der Waals surface area contributed by atoms with Crippen molar-refractivity contribution in [2.24, 2.45) is 5.92 Å². The zero-order valence-electron chi connectivity index (χ0n) is 13.6. The molecule has 3 N–H and O–H groups in total. The Kier molecular flexibility index (Phi) is 3.93. The molecule has 0 spiro atoms. The molecule has 0 saturated heterocycles. The normalized spacial score (nSPS) is 16.3. The molecule has 1 aliphatic heterocycles. The average molecular weight is 334 g/mol. The third kappa shape index (κ3) is 3.24. The Hall–Kier alpha value is -3.15. The van der Waals surface area contributed by atoms with E-state index < -0.39 is 0 Å². The van der Waals surface area contributed by atoms with Gasteiger partial charge in [-0.15, -0.1) is 0 Å². The highest BCUT2D eigenvalue weighted by atomic mass is 16.2. The van der Waals surface area contributed by atoms with Gasteiger partial charge in [-0.2, -0.15) is 0 Å². The number of aromatic nitrogens is 2. The van der Waals surface area contributed by atoms with Crippen LogP contribution in [0.3, 0.4) is 0 Å².